The fourth-order valence-corrected chi connectivity index (χ4v) is 2.91. The third kappa shape index (κ3) is 3.92. The number of amides is 3. The molecule has 0 radical (unpaired) electrons. The van der Waals surface area contributed by atoms with Crippen LogP contribution in [0.25, 0.3) is 11.0 Å². The molecule has 1 fully saturated rings. The van der Waals surface area contributed by atoms with E-state index in [0.717, 1.165) is 23.9 Å². The number of carbonyl (C=O) groups excluding carboxylic acids is 2. The van der Waals surface area contributed by atoms with Crippen molar-refractivity contribution < 1.29 is 9.59 Å². The van der Waals surface area contributed by atoms with Crippen LogP contribution in [0.2, 0.25) is 0 Å². The van der Waals surface area contributed by atoms with Crippen molar-refractivity contribution in [3.05, 3.63) is 54.9 Å². The van der Waals surface area contributed by atoms with E-state index in [1.54, 1.807) is 30.6 Å². The Morgan fingerprint density at radius 2 is 1.81 bits per heavy atom. The lowest BCUT2D eigenvalue weighted by molar-refractivity contribution is -0.118. The van der Waals surface area contributed by atoms with Gasteiger partial charge in [-0.05, 0) is 50.1 Å². The summed E-state index contributed by atoms with van der Waals surface area (Å²) in [6.07, 6.45) is 3.74. The molecule has 4 rings (SSSR count). The summed E-state index contributed by atoms with van der Waals surface area (Å²) in [6, 6.07) is 14.5. The number of para-hydroxylation sites is 2. The molecule has 1 aliphatic rings. The van der Waals surface area contributed by atoms with Gasteiger partial charge in [0.2, 0.25) is 5.91 Å². The van der Waals surface area contributed by atoms with Gasteiger partial charge in [0.1, 0.15) is 6.04 Å². The summed E-state index contributed by atoms with van der Waals surface area (Å²) in [6.45, 7) is 1.83. The summed E-state index contributed by atoms with van der Waals surface area (Å²) in [5, 5.41) is 8.56. The molecule has 1 heterocycles. The van der Waals surface area contributed by atoms with Gasteiger partial charge in [0, 0.05) is 17.4 Å². The lowest BCUT2D eigenvalue weighted by Gasteiger charge is -2.15. The van der Waals surface area contributed by atoms with Crippen molar-refractivity contribution in [2.45, 2.75) is 31.8 Å². The fourth-order valence-electron chi connectivity index (χ4n) is 2.91. The van der Waals surface area contributed by atoms with Gasteiger partial charge in [-0.2, -0.15) is 0 Å². The van der Waals surface area contributed by atoms with E-state index in [-0.39, 0.29) is 11.9 Å². The van der Waals surface area contributed by atoms with E-state index < -0.39 is 6.04 Å². The Balaban J connectivity index is 1.44. The van der Waals surface area contributed by atoms with Crippen molar-refractivity contribution >= 4 is 34.3 Å². The average Bonchev–Trinajstić information content (AvgIpc) is 3.36. The van der Waals surface area contributed by atoms with Gasteiger partial charge in [0.15, 0.2) is 0 Å². The molecule has 3 aromatic rings. The van der Waals surface area contributed by atoms with Crippen molar-refractivity contribution in [1.29, 1.82) is 0 Å². The lowest BCUT2D eigenvalue weighted by Crippen LogP contribution is -2.30. The van der Waals surface area contributed by atoms with Gasteiger partial charge in [-0.15, -0.1) is 0 Å². The molecule has 2 aromatic carbocycles. The predicted molar refractivity (Wildman–Crippen MR) is 105 cm³/mol. The minimum absolute atomic E-state index is 0.155. The van der Waals surface area contributed by atoms with Crippen LogP contribution in [0.15, 0.2) is 54.9 Å². The second kappa shape index (κ2) is 7.11. The summed E-state index contributed by atoms with van der Waals surface area (Å²) < 4.78 is 1.84. The molecule has 1 atom stereocenters. The Morgan fingerprint density at radius 3 is 2.59 bits per heavy atom. The number of hydrogen-bond acceptors (Lipinski definition) is 3. The maximum Gasteiger partial charge on any atom is 0.319 e. The number of rotatable bonds is 5. The number of nitrogens with one attached hydrogen (secondary N) is 3. The molecule has 0 bridgehead atoms. The van der Waals surface area contributed by atoms with Gasteiger partial charge in [-0.25, -0.2) is 9.78 Å². The number of carbonyl (C=O) groups is 2. The molecule has 7 nitrogen and oxygen atoms in total. The normalized spacial score (nSPS) is 14.6. The molecule has 0 saturated heterocycles. The third-order valence-electron chi connectivity index (χ3n) is 4.58. The van der Waals surface area contributed by atoms with Gasteiger partial charge in [-0.1, -0.05) is 18.2 Å². The number of fused-ring (bicyclic) bond motifs is 1. The van der Waals surface area contributed by atoms with E-state index in [9.17, 15) is 9.59 Å². The number of benzene rings is 2. The Kier molecular flexibility index (Phi) is 4.50. The Hall–Kier alpha value is -3.35. The third-order valence-corrected chi connectivity index (χ3v) is 4.58. The number of hydrogen-bond donors (Lipinski definition) is 3. The summed E-state index contributed by atoms with van der Waals surface area (Å²) in [4.78, 5) is 28.9. The Morgan fingerprint density at radius 1 is 1.07 bits per heavy atom. The molecular formula is C20H21N5O2. The van der Waals surface area contributed by atoms with Crippen molar-refractivity contribution in [2.24, 2.45) is 0 Å². The van der Waals surface area contributed by atoms with Crippen LogP contribution in [0.4, 0.5) is 16.2 Å². The SMILES string of the molecule is C[C@@H](C(=O)Nc1cccc(NC(=O)NC2CC2)c1)n1cnc2ccccc21. The Labute approximate surface area is 156 Å². The molecule has 27 heavy (non-hydrogen) atoms. The molecule has 1 aliphatic carbocycles. The minimum atomic E-state index is -0.424. The zero-order valence-electron chi connectivity index (χ0n) is 15.0. The van der Waals surface area contributed by atoms with E-state index >= 15 is 0 Å². The molecule has 138 valence electrons. The van der Waals surface area contributed by atoms with Crippen molar-refractivity contribution in [2.75, 3.05) is 10.6 Å². The van der Waals surface area contributed by atoms with Crippen LogP contribution in [-0.4, -0.2) is 27.5 Å². The van der Waals surface area contributed by atoms with Crippen molar-refractivity contribution in [1.82, 2.24) is 14.9 Å². The number of urea groups is 1. The summed E-state index contributed by atoms with van der Waals surface area (Å²) in [5.41, 5.74) is 3.02. The fraction of sp³-hybridized carbons (Fsp3) is 0.250. The van der Waals surface area contributed by atoms with Gasteiger partial charge in [-0.3, -0.25) is 4.79 Å². The van der Waals surface area contributed by atoms with Gasteiger partial charge in [0.05, 0.1) is 17.4 Å². The van der Waals surface area contributed by atoms with Crippen molar-refractivity contribution in [3.63, 3.8) is 0 Å². The van der Waals surface area contributed by atoms with E-state index in [0.29, 0.717) is 17.4 Å². The van der Waals surface area contributed by atoms with Gasteiger partial charge in [0.25, 0.3) is 0 Å². The van der Waals surface area contributed by atoms with E-state index in [4.69, 9.17) is 0 Å². The molecule has 0 aliphatic heterocycles. The summed E-state index contributed by atoms with van der Waals surface area (Å²) in [5.74, 6) is -0.155. The Bertz CT molecular complexity index is 993. The second-order valence-corrected chi connectivity index (χ2v) is 6.76. The standard InChI is InChI=1S/C20H21N5O2/c1-13(25-12-21-17-7-2-3-8-18(17)25)19(26)22-15-5-4-6-16(11-15)24-20(27)23-14-9-10-14/h2-8,11-14H,9-10H2,1H3,(H,22,26)(H2,23,24,27)/t13-/m0/s1. The molecule has 0 spiro atoms. The quantitative estimate of drug-likeness (QED) is 0.648. The van der Waals surface area contributed by atoms with Gasteiger partial charge < -0.3 is 20.5 Å². The zero-order valence-corrected chi connectivity index (χ0v) is 15.0. The van der Waals surface area contributed by atoms with Crippen LogP contribution in [0, 0.1) is 0 Å². The van der Waals surface area contributed by atoms with E-state index in [1.165, 1.54) is 0 Å². The van der Waals surface area contributed by atoms with Crippen LogP contribution >= 0.6 is 0 Å². The smallest absolute Gasteiger partial charge is 0.319 e. The van der Waals surface area contributed by atoms with Crippen LogP contribution in [0.3, 0.4) is 0 Å². The summed E-state index contributed by atoms with van der Waals surface area (Å²) in [7, 11) is 0. The molecular weight excluding hydrogens is 342 g/mol. The first-order chi connectivity index (χ1) is 13.1. The number of aromatic nitrogens is 2. The number of nitrogens with zero attached hydrogens (tertiary/aromatic N) is 2. The predicted octanol–water partition coefficient (Wildman–Crippen LogP) is 3.52. The monoisotopic (exact) mass is 363 g/mol. The first-order valence-electron chi connectivity index (χ1n) is 9.00. The highest BCUT2D eigenvalue weighted by atomic mass is 16.2. The van der Waals surface area contributed by atoms with Crippen LogP contribution in [0.1, 0.15) is 25.8 Å². The molecule has 0 unspecified atom stereocenters. The first-order valence-corrected chi connectivity index (χ1v) is 9.00. The van der Waals surface area contributed by atoms with E-state index in [1.807, 2.05) is 35.8 Å². The van der Waals surface area contributed by atoms with Crippen LogP contribution in [-0.2, 0) is 4.79 Å². The largest absolute Gasteiger partial charge is 0.335 e. The van der Waals surface area contributed by atoms with Crippen LogP contribution in [0.5, 0.6) is 0 Å². The first kappa shape index (κ1) is 17.1. The zero-order chi connectivity index (χ0) is 18.8. The number of anilines is 2. The highest BCUT2D eigenvalue weighted by molar-refractivity contribution is 5.96. The maximum absolute atomic E-state index is 12.7. The molecule has 3 amide bonds. The van der Waals surface area contributed by atoms with Crippen molar-refractivity contribution in [3.8, 4) is 0 Å². The summed E-state index contributed by atoms with van der Waals surface area (Å²) >= 11 is 0. The second-order valence-electron chi connectivity index (χ2n) is 6.76. The van der Waals surface area contributed by atoms with Crippen LogP contribution < -0.4 is 16.0 Å². The average molecular weight is 363 g/mol. The van der Waals surface area contributed by atoms with Gasteiger partial charge >= 0.3 is 6.03 Å². The molecule has 1 aromatic heterocycles. The molecule has 3 N–H and O–H groups in total. The lowest BCUT2D eigenvalue weighted by atomic mass is 10.2. The number of imidazole rings is 1. The topological polar surface area (TPSA) is 88.0 Å². The molecule has 1 saturated carbocycles. The van der Waals surface area contributed by atoms with E-state index in [2.05, 4.69) is 20.9 Å². The molecule has 7 heteroatoms. The minimum Gasteiger partial charge on any atom is -0.335 e. The highest BCUT2D eigenvalue weighted by Crippen LogP contribution is 2.21. The maximum atomic E-state index is 12.7. The highest BCUT2D eigenvalue weighted by Gasteiger charge is 2.23.